The number of nitrogens with zero attached hydrogens (tertiary/aromatic N) is 3. The zero-order chi connectivity index (χ0) is 25.2. The van der Waals surface area contributed by atoms with Gasteiger partial charge in [-0.25, -0.2) is 9.98 Å². The fourth-order valence-electron chi connectivity index (χ4n) is 4.24. The number of aromatic nitrogens is 3. The first-order chi connectivity index (χ1) is 17.4. The number of rotatable bonds is 7. The van der Waals surface area contributed by atoms with E-state index in [4.69, 9.17) is 21.7 Å². The maximum atomic E-state index is 11.1. The topological polar surface area (TPSA) is 104 Å². The van der Waals surface area contributed by atoms with Gasteiger partial charge in [-0.1, -0.05) is 35.9 Å². The number of hydrogen-bond donors (Lipinski definition) is 3. The third-order valence-corrected chi connectivity index (χ3v) is 6.23. The van der Waals surface area contributed by atoms with Crippen molar-refractivity contribution < 1.29 is 15.0 Å². The van der Waals surface area contributed by atoms with Gasteiger partial charge in [0.2, 0.25) is 0 Å². The number of carbonyl (C=O) groups is 1. The van der Waals surface area contributed by atoms with Crippen molar-refractivity contribution in [3.05, 3.63) is 101 Å². The molecule has 0 fully saturated rings. The molecule has 7 nitrogen and oxygen atoms in total. The van der Waals surface area contributed by atoms with Gasteiger partial charge in [0.25, 0.3) is 0 Å². The molecule has 180 valence electrons. The van der Waals surface area contributed by atoms with Crippen LogP contribution < -0.4 is 0 Å². The molecule has 3 aromatic carbocycles. The predicted molar refractivity (Wildman–Crippen MR) is 141 cm³/mol. The summed E-state index contributed by atoms with van der Waals surface area (Å²) in [4.78, 5) is 23.4. The summed E-state index contributed by atoms with van der Waals surface area (Å²) >= 11 is 6.17. The third kappa shape index (κ3) is 4.74. The van der Waals surface area contributed by atoms with E-state index < -0.39 is 5.97 Å². The van der Waals surface area contributed by atoms with Crippen molar-refractivity contribution >= 4 is 39.9 Å². The molecule has 5 aromatic rings. The molecular weight excluding hydrogens is 476 g/mol. The third-order valence-electron chi connectivity index (χ3n) is 5.99. The van der Waals surface area contributed by atoms with Gasteiger partial charge in [0.15, 0.2) is 5.88 Å². The number of carboxylic acid groups (broad SMARTS) is 1. The minimum absolute atomic E-state index is 0.0217. The van der Waals surface area contributed by atoms with Crippen LogP contribution in [-0.2, 0) is 18.3 Å². The number of halogens is 1. The number of aromatic hydroxyl groups is 1. The van der Waals surface area contributed by atoms with E-state index in [1.165, 1.54) is 0 Å². The average molecular weight is 499 g/mol. The Hall–Kier alpha value is -4.36. The molecule has 0 unspecified atom stereocenters. The highest BCUT2D eigenvalue weighted by Crippen LogP contribution is 2.33. The number of hydrogen-bond acceptors (Lipinski definition) is 4. The van der Waals surface area contributed by atoms with Crippen LogP contribution in [0.3, 0.4) is 0 Å². The number of aliphatic carboxylic acids is 1. The minimum atomic E-state index is -0.853. The monoisotopic (exact) mass is 498 g/mol. The Kier molecular flexibility index (Phi) is 6.31. The molecule has 2 aromatic heterocycles. The molecule has 5 rings (SSSR count). The first kappa shape index (κ1) is 23.4. The molecule has 0 spiro atoms. The summed E-state index contributed by atoms with van der Waals surface area (Å²) in [6, 6.07) is 20.7. The highest BCUT2D eigenvalue weighted by atomic mass is 35.5. The smallest absolute Gasteiger partial charge is 0.303 e. The zero-order valence-corrected chi connectivity index (χ0v) is 20.2. The number of aryl methyl sites for hydroxylation is 2. The number of benzene rings is 3. The van der Waals surface area contributed by atoms with E-state index in [-0.39, 0.29) is 12.3 Å². The van der Waals surface area contributed by atoms with Crippen molar-refractivity contribution in [3.8, 4) is 17.3 Å². The van der Waals surface area contributed by atoms with E-state index in [2.05, 4.69) is 9.97 Å². The standard InChI is InChI=1S/C28H23ClN4O3/c1-33-14-13-30-27(33)18-6-9-21(10-7-18)31-26(19-4-2-3-17(15-19)5-12-24(34)35)25-22-11-8-20(29)16-23(22)32-28(25)36/h2-4,6-11,13-16,32,36H,5,12H2,1H3,(H,34,35). The van der Waals surface area contributed by atoms with E-state index in [0.717, 1.165) is 27.9 Å². The van der Waals surface area contributed by atoms with Crippen LogP contribution in [0, 0.1) is 0 Å². The Morgan fingerprint density at radius 1 is 1.11 bits per heavy atom. The van der Waals surface area contributed by atoms with Crippen molar-refractivity contribution in [1.29, 1.82) is 0 Å². The second-order valence-corrected chi connectivity index (χ2v) is 8.94. The Morgan fingerprint density at radius 2 is 1.92 bits per heavy atom. The van der Waals surface area contributed by atoms with Crippen LogP contribution in [0.5, 0.6) is 5.88 Å². The number of aromatic amines is 1. The number of aliphatic imine (C=N–C) groups is 1. The highest BCUT2D eigenvalue weighted by molar-refractivity contribution is 6.31. The molecule has 3 N–H and O–H groups in total. The molecule has 0 bridgehead atoms. The number of imidazole rings is 1. The first-order valence-electron chi connectivity index (χ1n) is 11.4. The molecule has 0 aliphatic carbocycles. The van der Waals surface area contributed by atoms with Crippen molar-refractivity contribution in [3.63, 3.8) is 0 Å². The zero-order valence-electron chi connectivity index (χ0n) is 19.4. The number of fused-ring (bicyclic) bond motifs is 1. The largest absolute Gasteiger partial charge is 0.494 e. The average Bonchev–Trinajstić information content (AvgIpc) is 3.43. The molecule has 0 aliphatic rings. The summed E-state index contributed by atoms with van der Waals surface area (Å²) in [6.07, 6.45) is 4.07. The van der Waals surface area contributed by atoms with E-state index in [1.807, 2.05) is 72.4 Å². The van der Waals surface area contributed by atoms with Crippen molar-refractivity contribution in [1.82, 2.24) is 14.5 Å². The molecule has 36 heavy (non-hydrogen) atoms. The summed E-state index contributed by atoms with van der Waals surface area (Å²) in [5.41, 5.74) is 5.08. The molecule has 0 saturated heterocycles. The summed E-state index contributed by atoms with van der Waals surface area (Å²) in [5, 5.41) is 21.3. The summed E-state index contributed by atoms with van der Waals surface area (Å²) < 4.78 is 1.95. The van der Waals surface area contributed by atoms with Gasteiger partial charge in [-0.2, -0.15) is 0 Å². The lowest BCUT2D eigenvalue weighted by Crippen LogP contribution is -2.05. The minimum Gasteiger partial charge on any atom is -0.494 e. The molecule has 2 heterocycles. The normalized spacial score (nSPS) is 11.8. The lowest BCUT2D eigenvalue weighted by atomic mass is 9.97. The summed E-state index contributed by atoms with van der Waals surface area (Å²) in [5.74, 6) is -0.0251. The first-order valence-corrected chi connectivity index (χ1v) is 11.7. The van der Waals surface area contributed by atoms with Gasteiger partial charge in [0.1, 0.15) is 5.82 Å². The maximum absolute atomic E-state index is 11.1. The molecule has 0 amide bonds. The molecular formula is C28H23ClN4O3. The Morgan fingerprint density at radius 3 is 2.64 bits per heavy atom. The predicted octanol–water partition coefficient (Wildman–Crippen LogP) is 6.11. The van der Waals surface area contributed by atoms with E-state index in [1.54, 1.807) is 18.3 Å². The van der Waals surface area contributed by atoms with E-state index in [9.17, 15) is 9.90 Å². The van der Waals surface area contributed by atoms with Crippen molar-refractivity contribution in [2.45, 2.75) is 12.8 Å². The van der Waals surface area contributed by atoms with E-state index >= 15 is 0 Å². The van der Waals surface area contributed by atoms with Crippen LogP contribution in [0.2, 0.25) is 5.02 Å². The molecule has 0 radical (unpaired) electrons. The SMILES string of the molecule is Cn1ccnc1-c1ccc(N=C(c2cccc(CCC(=O)O)c2)c2c(O)[nH]c3cc(Cl)ccc23)cc1. The second-order valence-electron chi connectivity index (χ2n) is 8.50. The van der Waals surface area contributed by atoms with Gasteiger partial charge >= 0.3 is 5.97 Å². The number of nitrogens with one attached hydrogen (secondary N) is 1. The number of carboxylic acids is 1. The fourth-order valence-corrected chi connectivity index (χ4v) is 4.42. The Balaban J connectivity index is 1.64. The molecule has 0 atom stereocenters. The second kappa shape index (κ2) is 9.71. The van der Waals surface area contributed by atoms with Crippen LogP contribution in [-0.4, -0.2) is 36.4 Å². The fraction of sp³-hybridized carbons (Fsp3) is 0.107. The highest BCUT2D eigenvalue weighted by Gasteiger charge is 2.19. The van der Waals surface area contributed by atoms with Gasteiger partial charge in [-0.05, 0) is 54.4 Å². The maximum Gasteiger partial charge on any atom is 0.303 e. The van der Waals surface area contributed by atoms with Gasteiger partial charge < -0.3 is 19.8 Å². The van der Waals surface area contributed by atoms with Crippen LogP contribution >= 0.6 is 11.6 Å². The molecule has 0 saturated carbocycles. The van der Waals surface area contributed by atoms with Crippen LogP contribution in [0.15, 0.2) is 84.1 Å². The van der Waals surface area contributed by atoms with Gasteiger partial charge in [-0.15, -0.1) is 0 Å². The van der Waals surface area contributed by atoms with Gasteiger partial charge in [0, 0.05) is 47.4 Å². The van der Waals surface area contributed by atoms with Crippen LogP contribution in [0.25, 0.3) is 22.3 Å². The Bertz CT molecular complexity index is 1600. The number of H-pyrrole nitrogens is 1. The van der Waals surface area contributed by atoms with Crippen molar-refractivity contribution in [2.24, 2.45) is 12.0 Å². The lowest BCUT2D eigenvalue weighted by Gasteiger charge is -2.10. The molecule has 0 aliphatic heterocycles. The summed E-state index contributed by atoms with van der Waals surface area (Å²) in [6.45, 7) is 0. The lowest BCUT2D eigenvalue weighted by molar-refractivity contribution is -0.136. The van der Waals surface area contributed by atoms with Gasteiger partial charge in [-0.3, -0.25) is 4.79 Å². The Labute approximate surface area is 212 Å². The quantitative estimate of drug-likeness (QED) is 0.235. The van der Waals surface area contributed by atoms with Gasteiger partial charge in [0.05, 0.1) is 22.5 Å². The van der Waals surface area contributed by atoms with E-state index in [0.29, 0.717) is 33.9 Å². The van der Waals surface area contributed by atoms with Crippen molar-refractivity contribution in [2.75, 3.05) is 0 Å². The summed E-state index contributed by atoms with van der Waals surface area (Å²) in [7, 11) is 1.94. The van der Waals surface area contributed by atoms with Crippen LogP contribution in [0.1, 0.15) is 23.1 Å². The molecule has 8 heteroatoms. The van der Waals surface area contributed by atoms with Crippen LogP contribution in [0.4, 0.5) is 5.69 Å².